The molecule has 2 aromatic rings. The van der Waals surface area contributed by atoms with Gasteiger partial charge < -0.3 is 0 Å². The van der Waals surface area contributed by atoms with Crippen molar-refractivity contribution in [3.05, 3.63) is 28.4 Å². The summed E-state index contributed by atoms with van der Waals surface area (Å²) in [7, 11) is 0. The van der Waals surface area contributed by atoms with Gasteiger partial charge in [0.1, 0.15) is 5.78 Å². The van der Waals surface area contributed by atoms with Gasteiger partial charge in [0.15, 0.2) is 0 Å². The van der Waals surface area contributed by atoms with Gasteiger partial charge in [-0.15, -0.1) is 0 Å². The van der Waals surface area contributed by atoms with Crippen LogP contribution in [0.15, 0.2) is 22.7 Å². The van der Waals surface area contributed by atoms with Crippen LogP contribution in [0.5, 0.6) is 0 Å². The number of fused-ring (bicyclic) bond motifs is 1. The Hall–Kier alpha value is -0.740. The minimum Gasteiger partial charge on any atom is -0.300 e. The molecule has 0 saturated carbocycles. The lowest BCUT2D eigenvalue weighted by Crippen LogP contribution is -1.96. The van der Waals surface area contributed by atoms with Gasteiger partial charge in [-0.3, -0.25) is 4.79 Å². The first-order valence-corrected chi connectivity index (χ1v) is 5.76. The molecule has 1 heterocycles. The van der Waals surface area contributed by atoms with Crippen LogP contribution in [0.1, 0.15) is 12.6 Å². The second-order valence-electron chi connectivity index (χ2n) is 3.15. The van der Waals surface area contributed by atoms with Gasteiger partial charge in [-0.1, -0.05) is 15.9 Å². The molecule has 0 amide bonds. The Kier molecular flexibility index (Phi) is 2.65. The third kappa shape index (κ3) is 1.86. The molecule has 0 atom stereocenters. The van der Waals surface area contributed by atoms with Crippen molar-refractivity contribution in [2.45, 2.75) is 13.3 Å². The number of rotatable bonds is 2. The fraction of sp³-hybridized carbons (Fsp3) is 0.200. The highest BCUT2D eigenvalue weighted by Crippen LogP contribution is 2.26. The molecule has 0 unspecified atom stereocenters. The van der Waals surface area contributed by atoms with Crippen LogP contribution < -0.4 is 0 Å². The lowest BCUT2D eigenvalue weighted by molar-refractivity contribution is -0.116. The highest BCUT2D eigenvalue weighted by atomic mass is 79.9. The summed E-state index contributed by atoms with van der Waals surface area (Å²) in [4.78, 5) is 11.0. The van der Waals surface area contributed by atoms with E-state index in [1.54, 1.807) is 6.92 Å². The van der Waals surface area contributed by atoms with Crippen molar-refractivity contribution in [3.63, 3.8) is 0 Å². The first-order valence-electron chi connectivity index (χ1n) is 4.20. The number of carbonyl (C=O) groups excluding carboxylic acids is 1. The van der Waals surface area contributed by atoms with Gasteiger partial charge in [0, 0.05) is 9.86 Å². The van der Waals surface area contributed by atoms with Crippen LogP contribution in [0.25, 0.3) is 10.1 Å². The van der Waals surface area contributed by atoms with Crippen LogP contribution >= 0.6 is 27.5 Å². The Morgan fingerprint density at radius 1 is 1.57 bits per heavy atom. The van der Waals surface area contributed by atoms with E-state index in [9.17, 15) is 4.79 Å². The summed E-state index contributed by atoms with van der Waals surface area (Å²) in [6, 6.07) is 6.01. The van der Waals surface area contributed by atoms with Gasteiger partial charge >= 0.3 is 0 Å². The molecule has 0 radical (unpaired) electrons. The van der Waals surface area contributed by atoms with Crippen molar-refractivity contribution in [2.24, 2.45) is 0 Å². The molecule has 0 saturated heterocycles. The van der Waals surface area contributed by atoms with E-state index in [0.717, 1.165) is 20.3 Å². The van der Waals surface area contributed by atoms with Crippen LogP contribution in [0, 0.1) is 0 Å². The molecule has 2 rings (SSSR count). The molecule has 1 aromatic carbocycles. The largest absolute Gasteiger partial charge is 0.300 e. The Morgan fingerprint density at radius 3 is 3.07 bits per heavy atom. The number of Topliss-reactive ketones (excluding diaryl/α,β-unsaturated/α-hetero) is 1. The van der Waals surface area contributed by atoms with Gasteiger partial charge in [-0.05, 0) is 36.7 Å². The topological polar surface area (TPSA) is 30.0 Å². The Morgan fingerprint density at radius 2 is 2.36 bits per heavy atom. The van der Waals surface area contributed by atoms with Crippen molar-refractivity contribution in [3.8, 4) is 0 Å². The Bertz CT molecular complexity index is 492. The molecule has 14 heavy (non-hydrogen) atoms. The summed E-state index contributed by atoms with van der Waals surface area (Å²) in [6.07, 6.45) is 0.427. The summed E-state index contributed by atoms with van der Waals surface area (Å²) in [6.45, 7) is 1.59. The lowest BCUT2D eigenvalue weighted by Gasteiger charge is -1.94. The average Bonchev–Trinajstić information content (AvgIpc) is 2.47. The molecule has 0 aliphatic rings. The lowest BCUT2D eigenvalue weighted by atomic mass is 10.1. The van der Waals surface area contributed by atoms with Crippen molar-refractivity contribution in [1.82, 2.24) is 4.37 Å². The number of hydrogen-bond donors (Lipinski definition) is 0. The van der Waals surface area contributed by atoms with E-state index in [0.29, 0.717) is 6.42 Å². The number of hydrogen-bond acceptors (Lipinski definition) is 3. The number of ketones is 1. The number of carbonyl (C=O) groups is 1. The molecular weight excluding hydrogens is 262 g/mol. The van der Waals surface area contributed by atoms with Crippen LogP contribution in [0.4, 0.5) is 0 Å². The maximum Gasteiger partial charge on any atom is 0.135 e. The van der Waals surface area contributed by atoms with E-state index in [-0.39, 0.29) is 5.78 Å². The smallest absolute Gasteiger partial charge is 0.135 e. The van der Waals surface area contributed by atoms with E-state index < -0.39 is 0 Å². The maximum absolute atomic E-state index is 11.0. The van der Waals surface area contributed by atoms with Crippen molar-refractivity contribution in [1.29, 1.82) is 0 Å². The third-order valence-electron chi connectivity index (χ3n) is 1.92. The highest BCUT2D eigenvalue weighted by Gasteiger charge is 2.08. The molecular formula is C10H8BrNOS. The summed E-state index contributed by atoms with van der Waals surface area (Å²) in [5.74, 6) is 0.150. The number of halogens is 1. The normalized spacial score (nSPS) is 10.7. The molecule has 0 N–H and O–H groups in total. The minimum absolute atomic E-state index is 0.150. The van der Waals surface area contributed by atoms with Gasteiger partial charge in [0.05, 0.1) is 16.8 Å². The summed E-state index contributed by atoms with van der Waals surface area (Å²) < 4.78 is 6.43. The monoisotopic (exact) mass is 269 g/mol. The van der Waals surface area contributed by atoms with Gasteiger partial charge in [0.25, 0.3) is 0 Å². The van der Waals surface area contributed by atoms with Crippen molar-refractivity contribution in [2.75, 3.05) is 0 Å². The van der Waals surface area contributed by atoms with Gasteiger partial charge in [-0.2, -0.15) is 4.37 Å². The molecule has 0 fully saturated rings. The van der Waals surface area contributed by atoms with Crippen LogP contribution in [0.3, 0.4) is 0 Å². The molecule has 2 nitrogen and oxygen atoms in total. The Labute approximate surface area is 94.2 Å². The SMILES string of the molecule is CC(=O)Cc1nsc2ccc(Br)cc12. The van der Waals surface area contributed by atoms with Crippen LogP contribution in [0.2, 0.25) is 0 Å². The summed E-state index contributed by atoms with van der Waals surface area (Å²) in [5, 5.41) is 1.08. The molecule has 0 aliphatic heterocycles. The number of nitrogens with zero attached hydrogens (tertiary/aromatic N) is 1. The summed E-state index contributed by atoms with van der Waals surface area (Å²) in [5.41, 5.74) is 0.888. The van der Waals surface area contributed by atoms with E-state index >= 15 is 0 Å². The molecule has 4 heteroatoms. The van der Waals surface area contributed by atoms with Crippen molar-refractivity contribution < 1.29 is 4.79 Å². The molecule has 0 spiro atoms. The number of aromatic nitrogens is 1. The molecule has 72 valence electrons. The fourth-order valence-electron chi connectivity index (χ4n) is 1.32. The fourth-order valence-corrected chi connectivity index (χ4v) is 2.46. The maximum atomic E-state index is 11.0. The quantitative estimate of drug-likeness (QED) is 0.838. The predicted molar refractivity (Wildman–Crippen MR) is 61.7 cm³/mol. The molecule has 1 aromatic heterocycles. The van der Waals surface area contributed by atoms with Crippen LogP contribution in [-0.4, -0.2) is 10.2 Å². The zero-order chi connectivity index (χ0) is 10.1. The second-order valence-corrected chi connectivity index (χ2v) is 4.87. The van der Waals surface area contributed by atoms with E-state index in [2.05, 4.69) is 20.3 Å². The first kappa shape index (κ1) is 9.80. The Balaban J connectivity index is 2.55. The van der Waals surface area contributed by atoms with Crippen LogP contribution in [-0.2, 0) is 11.2 Å². The first-order chi connectivity index (χ1) is 6.66. The average molecular weight is 270 g/mol. The standard InChI is InChI=1S/C10H8BrNOS/c1-6(13)4-9-8-5-7(11)2-3-10(8)14-12-9/h2-3,5H,4H2,1H3. The predicted octanol–water partition coefficient (Wildman–Crippen LogP) is 3.19. The van der Waals surface area contributed by atoms with E-state index in [1.165, 1.54) is 11.5 Å². The minimum atomic E-state index is 0.150. The van der Waals surface area contributed by atoms with Crippen molar-refractivity contribution >= 4 is 43.3 Å². The highest BCUT2D eigenvalue weighted by molar-refractivity contribution is 9.10. The zero-order valence-electron chi connectivity index (χ0n) is 7.58. The number of benzene rings is 1. The summed E-state index contributed by atoms with van der Waals surface area (Å²) >= 11 is 4.85. The van der Waals surface area contributed by atoms with E-state index in [4.69, 9.17) is 0 Å². The third-order valence-corrected chi connectivity index (χ3v) is 3.28. The van der Waals surface area contributed by atoms with E-state index in [1.807, 2.05) is 18.2 Å². The molecule has 0 bridgehead atoms. The zero-order valence-corrected chi connectivity index (χ0v) is 9.98. The van der Waals surface area contributed by atoms with Gasteiger partial charge in [-0.25, -0.2) is 0 Å². The van der Waals surface area contributed by atoms with Gasteiger partial charge in [0.2, 0.25) is 0 Å². The second kappa shape index (κ2) is 3.79. The molecule has 0 aliphatic carbocycles.